The van der Waals surface area contributed by atoms with Gasteiger partial charge in [0, 0.05) is 6.54 Å². The van der Waals surface area contributed by atoms with Crippen LogP contribution in [-0.4, -0.2) is 210 Å². The van der Waals surface area contributed by atoms with E-state index in [9.17, 15) is 78.3 Å². The largest absolute Gasteiger partial charge is 0.480 e. The van der Waals surface area contributed by atoms with Crippen LogP contribution in [-0.2, 0) is 52.7 Å². The molecule has 0 unspecified atom stereocenters. The van der Waals surface area contributed by atoms with E-state index in [0.29, 0.717) is 38.6 Å². The van der Waals surface area contributed by atoms with Crippen LogP contribution in [0.3, 0.4) is 0 Å². The minimum Gasteiger partial charge on any atom is -0.480 e. The zero-order valence-electron chi connectivity index (χ0n) is 42.6. The molecule has 0 aliphatic carbocycles. The summed E-state index contributed by atoms with van der Waals surface area (Å²) in [6, 6.07) is -15.8. The monoisotopic (exact) mass is 1090 g/mol. The van der Waals surface area contributed by atoms with E-state index in [4.69, 9.17) is 40.1 Å². The van der Waals surface area contributed by atoms with Crippen molar-refractivity contribution in [3.05, 3.63) is 0 Å². The lowest BCUT2D eigenvalue weighted by Gasteiger charge is -2.26. The van der Waals surface area contributed by atoms with Crippen LogP contribution >= 0.6 is 0 Å². The average molecular weight is 1090 g/mol. The summed E-state index contributed by atoms with van der Waals surface area (Å²) in [5, 5.41) is 69.9. The van der Waals surface area contributed by atoms with Crippen LogP contribution in [0, 0.1) is 0 Å². The number of nitrogens with zero attached hydrogens (tertiary/aromatic N) is 1. The van der Waals surface area contributed by atoms with Crippen LogP contribution in [0.1, 0.15) is 84.0 Å². The number of nitrogens with two attached hydrogens (primary N) is 7. The summed E-state index contributed by atoms with van der Waals surface area (Å²) in [7, 11) is 0. The van der Waals surface area contributed by atoms with Crippen molar-refractivity contribution in [1.29, 1.82) is 0 Å². The Bertz CT molecular complexity index is 1930. The van der Waals surface area contributed by atoms with Gasteiger partial charge in [-0.3, -0.25) is 52.9 Å². The SMILES string of the molecule is C[C@H](NC(=O)[C@H](CCCCN)NC(=O)[C@H](CO)NC(=O)[C@H](CO)NC(=O)[C@H](CO)NC(=O)[C@H](CC(N)=O)NC(=O)[C@@H](N)CCCCN)C(=O)N[C@@H](CO)C(=O)N[C@@H](CCCCN)C(=O)N[C@@H](CCCN=C(N)N)C(=O)O. The van der Waals surface area contributed by atoms with E-state index in [1.807, 2.05) is 0 Å². The first-order valence-corrected chi connectivity index (χ1v) is 24.5. The number of carbonyl (C=O) groups excluding carboxylic acids is 10. The lowest BCUT2D eigenvalue weighted by atomic mass is 10.1. The number of aliphatic carboxylic acids is 1. The van der Waals surface area contributed by atoms with Gasteiger partial charge in [0.2, 0.25) is 59.1 Å². The third-order valence-electron chi connectivity index (χ3n) is 11.1. The van der Waals surface area contributed by atoms with E-state index in [0.717, 1.165) is 0 Å². The van der Waals surface area contributed by atoms with Gasteiger partial charge in [0.25, 0.3) is 0 Å². The molecule has 33 heteroatoms. The molecule has 10 amide bonds. The average Bonchev–Trinajstić information content (AvgIpc) is 3.37. The molecule has 0 aromatic heterocycles. The predicted octanol–water partition coefficient (Wildman–Crippen LogP) is -10.9. The van der Waals surface area contributed by atoms with Gasteiger partial charge in [-0.05, 0) is 90.8 Å². The minimum absolute atomic E-state index is 0.0175. The van der Waals surface area contributed by atoms with Crippen LogP contribution in [0.15, 0.2) is 4.99 Å². The number of unbranched alkanes of at least 4 members (excludes halogenated alkanes) is 3. The Morgan fingerprint density at radius 3 is 1.09 bits per heavy atom. The highest BCUT2D eigenvalue weighted by Crippen LogP contribution is 2.07. The Kier molecular flexibility index (Phi) is 35.1. The van der Waals surface area contributed by atoms with Gasteiger partial charge in [-0.15, -0.1) is 0 Å². The van der Waals surface area contributed by atoms with E-state index in [2.05, 4.69) is 52.8 Å². The number of aliphatic imine (C=N–C) groups is 1. The fourth-order valence-corrected chi connectivity index (χ4v) is 6.70. The molecule has 10 atom stereocenters. The maximum absolute atomic E-state index is 13.6. The molecule has 0 aliphatic rings. The van der Waals surface area contributed by atoms with E-state index in [1.54, 1.807) is 0 Å². The summed E-state index contributed by atoms with van der Waals surface area (Å²) >= 11 is 0. The lowest BCUT2D eigenvalue weighted by Crippen LogP contribution is -2.62. The van der Waals surface area contributed by atoms with Gasteiger partial charge in [0.15, 0.2) is 5.96 Å². The zero-order valence-corrected chi connectivity index (χ0v) is 42.6. The fraction of sp³-hybridized carbons (Fsp3) is 0.721. The first-order valence-electron chi connectivity index (χ1n) is 24.5. The smallest absolute Gasteiger partial charge is 0.326 e. The Labute approximate surface area is 438 Å². The van der Waals surface area contributed by atoms with Gasteiger partial charge in [-0.1, -0.05) is 6.42 Å². The maximum Gasteiger partial charge on any atom is 0.326 e. The van der Waals surface area contributed by atoms with E-state index < -0.39 is 158 Å². The Morgan fingerprint density at radius 2 is 0.724 bits per heavy atom. The van der Waals surface area contributed by atoms with Gasteiger partial charge in [0.1, 0.15) is 54.4 Å². The quantitative estimate of drug-likeness (QED) is 0.0154. The van der Waals surface area contributed by atoms with Crippen LogP contribution in [0.25, 0.3) is 0 Å². The molecular formula is C43H81N17O16. The number of nitrogens with one attached hydrogen (secondary N) is 9. The molecule has 0 bridgehead atoms. The van der Waals surface area contributed by atoms with Crippen molar-refractivity contribution in [1.82, 2.24) is 47.9 Å². The molecule has 434 valence electrons. The maximum atomic E-state index is 13.6. The lowest BCUT2D eigenvalue weighted by molar-refractivity contribution is -0.142. The van der Waals surface area contributed by atoms with Crippen molar-refractivity contribution >= 4 is 71.0 Å². The molecular weight excluding hydrogens is 1010 g/mol. The van der Waals surface area contributed by atoms with Crippen molar-refractivity contribution < 1.29 is 78.3 Å². The highest BCUT2D eigenvalue weighted by Gasteiger charge is 2.35. The standard InChI is InChI=1S/C43H81N17O16/c1-22(33(66)57-28(18-61)38(71)54-25(11-4-7-15-46)36(69)55-26(42(75)76)12-8-16-51-43(49)50)52-35(68)24(10-3-6-14-45)53-39(72)29(19-62)59-41(74)31(21-64)60-40(73)30(20-63)58-37(70)27(17-32(48)65)56-34(67)23(47)9-2-5-13-44/h22-31,61-64H,2-21,44-47H2,1H3,(H2,48,65)(H,52,68)(H,53,72)(H,54,71)(H,55,69)(H,56,67)(H,57,66)(H,58,70)(H,59,74)(H,60,73)(H,75,76)(H4,49,50,51)/t22-,23-,24-,25-,26-,27-,28-,29-,30-,31-/m0/s1. The zero-order chi connectivity index (χ0) is 57.9. The van der Waals surface area contributed by atoms with Gasteiger partial charge in [-0.2, -0.15) is 0 Å². The molecule has 0 radical (unpaired) electrons. The van der Waals surface area contributed by atoms with E-state index in [1.165, 1.54) is 6.92 Å². The second-order valence-electron chi connectivity index (χ2n) is 17.4. The Balaban J connectivity index is 5.97. The molecule has 28 N–H and O–H groups in total. The van der Waals surface area contributed by atoms with Crippen molar-refractivity contribution in [2.45, 2.75) is 144 Å². The number of guanidine groups is 1. The Hall–Kier alpha value is -6.88. The van der Waals surface area contributed by atoms with Crippen LogP contribution in [0.2, 0.25) is 0 Å². The van der Waals surface area contributed by atoms with Crippen LogP contribution in [0.4, 0.5) is 0 Å². The summed E-state index contributed by atoms with van der Waals surface area (Å²) < 4.78 is 0. The molecule has 0 saturated heterocycles. The predicted molar refractivity (Wildman–Crippen MR) is 269 cm³/mol. The van der Waals surface area contributed by atoms with Gasteiger partial charge in [0.05, 0.1) is 38.9 Å². The third kappa shape index (κ3) is 27.6. The number of hydrogen-bond donors (Lipinski definition) is 21. The molecule has 0 aliphatic heterocycles. The number of carboxylic acid groups (broad SMARTS) is 1. The first kappa shape index (κ1) is 69.1. The number of aliphatic hydroxyl groups excluding tert-OH is 4. The normalized spacial score (nSPS) is 14.9. The number of aliphatic hydroxyl groups is 4. The molecule has 0 rings (SSSR count). The molecule has 0 aromatic rings. The highest BCUT2D eigenvalue weighted by molar-refractivity contribution is 5.99. The summed E-state index contributed by atoms with van der Waals surface area (Å²) in [6.45, 7) is -2.37. The second-order valence-corrected chi connectivity index (χ2v) is 17.4. The van der Waals surface area contributed by atoms with Gasteiger partial charge in [-0.25, -0.2) is 4.79 Å². The molecule has 0 aromatic carbocycles. The summed E-state index contributed by atoms with van der Waals surface area (Å²) in [5.41, 5.74) is 38.3. The summed E-state index contributed by atoms with van der Waals surface area (Å²) in [5.74, 6) is -12.3. The molecule has 0 saturated carbocycles. The topological polar surface area (TPSA) is 592 Å². The van der Waals surface area contributed by atoms with Gasteiger partial charge >= 0.3 is 5.97 Å². The third-order valence-corrected chi connectivity index (χ3v) is 11.1. The number of carboxylic acids is 1. The molecule has 33 nitrogen and oxygen atoms in total. The number of hydrogen-bond acceptors (Lipinski definition) is 20. The number of amides is 10. The second kappa shape index (κ2) is 38.6. The van der Waals surface area contributed by atoms with Crippen molar-refractivity contribution in [3.63, 3.8) is 0 Å². The number of primary amides is 1. The van der Waals surface area contributed by atoms with E-state index >= 15 is 0 Å². The number of carbonyl (C=O) groups is 11. The van der Waals surface area contributed by atoms with Gasteiger partial charge < -0.3 is 114 Å². The summed E-state index contributed by atoms with van der Waals surface area (Å²) in [6.07, 6.45) is 1.73. The van der Waals surface area contributed by atoms with Crippen molar-refractivity contribution in [3.8, 4) is 0 Å². The minimum atomic E-state index is -1.90. The molecule has 76 heavy (non-hydrogen) atoms. The van der Waals surface area contributed by atoms with Crippen molar-refractivity contribution in [2.75, 3.05) is 52.6 Å². The summed E-state index contributed by atoms with van der Waals surface area (Å²) in [4.78, 5) is 146. The molecule has 0 spiro atoms. The van der Waals surface area contributed by atoms with E-state index in [-0.39, 0.29) is 64.1 Å². The van der Waals surface area contributed by atoms with Crippen LogP contribution < -0.4 is 88.0 Å². The van der Waals surface area contributed by atoms with Crippen LogP contribution in [0.5, 0.6) is 0 Å². The first-order chi connectivity index (χ1) is 35.9. The fourth-order valence-electron chi connectivity index (χ4n) is 6.70. The number of rotatable bonds is 41. The van der Waals surface area contributed by atoms with Crippen molar-refractivity contribution in [2.24, 2.45) is 45.1 Å². The molecule has 0 heterocycles. The highest BCUT2D eigenvalue weighted by atomic mass is 16.4. The molecule has 0 fully saturated rings. The Morgan fingerprint density at radius 1 is 0.408 bits per heavy atom.